The number of hydrogen-bond donors (Lipinski definition) is 1. The molecule has 0 fully saturated rings. The lowest BCUT2D eigenvalue weighted by Gasteiger charge is -2.16. The predicted octanol–water partition coefficient (Wildman–Crippen LogP) is 1.79. The van der Waals surface area contributed by atoms with Crippen LogP contribution in [-0.4, -0.2) is 34.0 Å². The molecule has 1 aromatic carbocycles. The Bertz CT molecular complexity index is 269. The Morgan fingerprint density at radius 1 is 1.27 bits per heavy atom. The van der Waals surface area contributed by atoms with E-state index in [1.807, 2.05) is 45.4 Å². The first-order chi connectivity index (χ1) is 7.19. The summed E-state index contributed by atoms with van der Waals surface area (Å²) in [6, 6.07) is 7.56. The van der Waals surface area contributed by atoms with Crippen molar-refractivity contribution in [3.63, 3.8) is 0 Å². The largest absolute Gasteiger partial charge is 0.375 e. The topological polar surface area (TPSA) is 32.3 Å². The fourth-order valence-corrected chi connectivity index (χ4v) is 0.990. The van der Waals surface area contributed by atoms with Crippen LogP contribution in [0.15, 0.2) is 24.3 Å². The summed E-state index contributed by atoms with van der Waals surface area (Å²) in [5.41, 5.74) is 1.87. The molecule has 0 atom stereocenters. The average molecular weight is 208 g/mol. The second-order valence-electron chi connectivity index (χ2n) is 3.22. The highest BCUT2D eigenvalue weighted by atomic mass is 16.1. The quantitative estimate of drug-likeness (QED) is 0.769. The highest BCUT2D eigenvalue weighted by molar-refractivity contribution is 5.75. The summed E-state index contributed by atoms with van der Waals surface area (Å²) < 4.78 is 0. The molecule has 0 bridgehead atoms. The van der Waals surface area contributed by atoms with Crippen molar-refractivity contribution in [2.45, 2.75) is 6.92 Å². The molecule has 0 saturated carbocycles. The Morgan fingerprint density at radius 3 is 2.07 bits per heavy atom. The second kappa shape index (κ2) is 8.00. The summed E-state index contributed by atoms with van der Waals surface area (Å²) in [5, 5.41) is 2.75. The minimum absolute atomic E-state index is 0.725. The van der Waals surface area contributed by atoms with Gasteiger partial charge < -0.3 is 10.2 Å². The van der Waals surface area contributed by atoms with Gasteiger partial charge >= 0.3 is 0 Å². The third-order valence-corrected chi connectivity index (χ3v) is 1.94. The minimum Gasteiger partial charge on any atom is -0.375 e. The van der Waals surface area contributed by atoms with Crippen LogP contribution < -0.4 is 10.2 Å². The van der Waals surface area contributed by atoms with E-state index in [1.54, 1.807) is 0 Å². The molecule has 0 unspecified atom stereocenters. The molecule has 0 saturated heterocycles. The van der Waals surface area contributed by atoms with Crippen LogP contribution in [0.25, 0.3) is 0 Å². The molecule has 0 radical (unpaired) electrons. The molecule has 0 aliphatic carbocycles. The minimum atomic E-state index is 0.725. The Balaban J connectivity index is 0.000000583. The number of carbonyl (C=O) groups is 1. The van der Waals surface area contributed by atoms with Crippen molar-refractivity contribution in [1.29, 1.82) is 0 Å². The SMILES string of the molecule is CCN(C)c1ccc(C=O)cc1.CNC. The van der Waals surface area contributed by atoms with E-state index in [4.69, 9.17) is 0 Å². The first-order valence-electron chi connectivity index (χ1n) is 5.04. The first kappa shape index (κ1) is 13.7. The second-order valence-corrected chi connectivity index (χ2v) is 3.22. The fourth-order valence-electron chi connectivity index (χ4n) is 0.990. The maximum Gasteiger partial charge on any atom is 0.150 e. The van der Waals surface area contributed by atoms with Crippen LogP contribution in [0, 0.1) is 0 Å². The molecule has 0 spiro atoms. The van der Waals surface area contributed by atoms with Gasteiger partial charge in [-0.1, -0.05) is 0 Å². The van der Waals surface area contributed by atoms with E-state index in [0.717, 1.165) is 24.1 Å². The number of hydrogen-bond acceptors (Lipinski definition) is 3. The van der Waals surface area contributed by atoms with Gasteiger partial charge in [-0.05, 0) is 45.3 Å². The van der Waals surface area contributed by atoms with E-state index in [9.17, 15) is 4.79 Å². The lowest BCUT2D eigenvalue weighted by Crippen LogP contribution is -2.15. The maximum absolute atomic E-state index is 10.3. The van der Waals surface area contributed by atoms with E-state index in [2.05, 4.69) is 17.1 Å². The van der Waals surface area contributed by atoms with E-state index < -0.39 is 0 Å². The Morgan fingerprint density at radius 2 is 1.73 bits per heavy atom. The molecule has 1 N–H and O–H groups in total. The molecular formula is C12H20N2O. The summed E-state index contributed by atoms with van der Waals surface area (Å²) in [6.45, 7) is 3.06. The molecule has 3 nitrogen and oxygen atoms in total. The lowest BCUT2D eigenvalue weighted by atomic mass is 10.2. The van der Waals surface area contributed by atoms with Gasteiger partial charge in [-0.15, -0.1) is 0 Å². The number of rotatable bonds is 3. The number of aldehydes is 1. The van der Waals surface area contributed by atoms with Crippen molar-refractivity contribution >= 4 is 12.0 Å². The van der Waals surface area contributed by atoms with Gasteiger partial charge in [-0.3, -0.25) is 4.79 Å². The number of carbonyl (C=O) groups excluding carboxylic acids is 1. The molecule has 1 aromatic rings. The Labute approximate surface area is 92.1 Å². The van der Waals surface area contributed by atoms with Crippen molar-refractivity contribution in [1.82, 2.24) is 5.32 Å². The monoisotopic (exact) mass is 208 g/mol. The van der Waals surface area contributed by atoms with Crippen molar-refractivity contribution in [2.24, 2.45) is 0 Å². The van der Waals surface area contributed by atoms with Crippen LogP contribution in [0.1, 0.15) is 17.3 Å². The molecule has 0 heterocycles. The van der Waals surface area contributed by atoms with Gasteiger partial charge in [0.05, 0.1) is 0 Å². The van der Waals surface area contributed by atoms with Gasteiger partial charge in [0.1, 0.15) is 6.29 Å². The highest BCUT2D eigenvalue weighted by Gasteiger charge is 1.96. The van der Waals surface area contributed by atoms with Crippen LogP contribution >= 0.6 is 0 Å². The van der Waals surface area contributed by atoms with Crippen molar-refractivity contribution < 1.29 is 4.79 Å². The molecule has 15 heavy (non-hydrogen) atoms. The number of benzene rings is 1. The average Bonchev–Trinajstić information content (AvgIpc) is 2.29. The van der Waals surface area contributed by atoms with E-state index in [-0.39, 0.29) is 0 Å². The number of nitrogens with one attached hydrogen (secondary N) is 1. The maximum atomic E-state index is 10.3. The molecule has 0 amide bonds. The van der Waals surface area contributed by atoms with Crippen LogP contribution in [0.3, 0.4) is 0 Å². The highest BCUT2D eigenvalue weighted by Crippen LogP contribution is 2.11. The molecule has 0 aliphatic heterocycles. The van der Waals surface area contributed by atoms with Gasteiger partial charge in [-0.25, -0.2) is 0 Å². The third kappa shape index (κ3) is 5.18. The van der Waals surface area contributed by atoms with Crippen LogP contribution in [0.2, 0.25) is 0 Å². The van der Waals surface area contributed by atoms with Gasteiger partial charge in [-0.2, -0.15) is 0 Å². The summed E-state index contributed by atoms with van der Waals surface area (Å²) >= 11 is 0. The van der Waals surface area contributed by atoms with Gasteiger partial charge in [0.15, 0.2) is 0 Å². The lowest BCUT2D eigenvalue weighted by molar-refractivity contribution is 0.112. The zero-order valence-electron chi connectivity index (χ0n) is 9.95. The van der Waals surface area contributed by atoms with Crippen molar-refractivity contribution in [3.8, 4) is 0 Å². The summed E-state index contributed by atoms with van der Waals surface area (Å²) in [7, 11) is 5.77. The van der Waals surface area contributed by atoms with Gasteiger partial charge in [0, 0.05) is 24.8 Å². The summed E-state index contributed by atoms with van der Waals surface area (Å²) in [5.74, 6) is 0. The Kier molecular flexibility index (Phi) is 7.28. The number of nitrogens with zero attached hydrogens (tertiary/aromatic N) is 1. The standard InChI is InChI=1S/C10H13NO.C2H7N/c1-3-11(2)10-6-4-9(8-12)5-7-10;1-3-2/h4-8H,3H2,1-2H3;3H,1-2H3. The molecule has 84 valence electrons. The third-order valence-electron chi connectivity index (χ3n) is 1.94. The first-order valence-corrected chi connectivity index (χ1v) is 5.04. The van der Waals surface area contributed by atoms with Crippen LogP contribution in [-0.2, 0) is 0 Å². The summed E-state index contributed by atoms with van der Waals surface area (Å²) in [4.78, 5) is 12.5. The smallest absolute Gasteiger partial charge is 0.150 e. The van der Waals surface area contributed by atoms with Gasteiger partial charge in [0.25, 0.3) is 0 Å². The fraction of sp³-hybridized carbons (Fsp3) is 0.417. The van der Waals surface area contributed by atoms with Crippen molar-refractivity contribution in [2.75, 3.05) is 32.6 Å². The molecule has 1 rings (SSSR count). The molecular weight excluding hydrogens is 188 g/mol. The van der Waals surface area contributed by atoms with E-state index >= 15 is 0 Å². The van der Waals surface area contributed by atoms with Crippen LogP contribution in [0.4, 0.5) is 5.69 Å². The van der Waals surface area contributed by atoms with E-state index in [1.165, 1.54) is 0 Å². The normalized spacial score (nSPS) is 8.80. The predicted molar refractivity (Wildman–Crippen MR) is 65.8 cm³/mol. The van der Waals surface area contributed by atoms with Crippen LogP contribution in [0.5, 0.6) is 0 Å². The Hall–Kier alpha value is -1.35. The molecule has 3 heteroatoms. The summed E-state index contributed by atoms with van der Waals surface area (Å²) in [6.07, 6.45) is 0.857. The van der Waals surface area contributed by atoms with Gasteiger partial charge in [0.2, 0.25) is 0 Å². The molecule has 0 aromatic heterocycles. The number of anilines is 1. The molecule has 0 aliphatic rings. The zero-order valence-corrected chi connectivity index (χ0v) is 9.95. The van der Waals surface area contributed by atoms with E-state index in [0.29, 0.717) is 0 Å². The zero-order chi connectivity index (χ0) is 11.7. The van der Waals surface area contributed by atoms with Crippen molar-refractivity contribution in [3.05, 3.63) is 29.8 Å².